The maximum absolute atomic E-state index is 13.6. The molecule has 0 radical (unpaired) electrons. The van der Waals surface area contributed by atoms with E-state index in [-0.39, 0.29) is 0 Å². The number of carbonyl (C=O) groups excluding carboxylic acids is 3. The maximum atomic E-state index is 13.6. The van der Waals surface area contributed by atoms with Gasteiger partial charge in [0.2, 0.25) is 0 Å². The first-order valence-corrected chi connectivity index (χ1v) is 7.05. The average molecular weight is 359 g/mol. The number of hydrogen-bond donors (Lipinski definition) is 0. The van der Waals surface area contributed by atoms with Crippen molar-refractivity contribution in [2.24, 2.45) is 0 Å². The van der Waals surface area contributed by atoms with Gasteiger partial charge in [-0.1, -0.05) is 0 Å². The third kappa shape index (κ3) is 5.28. The molecule has 132 valence electrons. The van der Waals surface area contributed by atoms with Crippen molar-refractivity contribution in [2.75, 3.05) is 0 Å². The maximum Gasteiger partial charge on any atom is 0.351 e. The van der Waals surface area contributed by atoms with Crippen LogP contribution in [-0.4, -0.2) is 53.8 Å². The van der Waals surface area contributed by atoms with Gasteiger partial charge in [0.1, 0.15) is 0 Å². The van der Waals surface area contributed by atoms with E-state index in [2.05, 4.69) is 0 Å². The second kappa shape index (κ2) is 7.39. The summed E-state index contributed by atoms with van der Waals surface area (Å²) in [5.41, 5.74) is 0. The van der Waals surface area contributed by atoms with Crippen LogP contribution >= 0.6 is 11.6 Å². The van der Waals surface area contributed by atoms with Crippen LogP contribution in [0, 0.1) is 0 Å². The van der Waals surface area contributed by atoms with E-state index in [4.69, 9.17) is 30.5 Å². The summed E-state index contributed by atoms with van der Waals surface area (Å²) in [6.45, 7) is 4.43. The number of alkyl halides is 3. The summed E-state index contributed by atoms with van der Waals surface area (Å²) < 4.78 is 47.0. The van der Waals surface area contributed by atoms with E-state index < -0.39 is 53.8 Å². The van der Waals surface area contributed by atoms with Gasteiger partial charge in [-0.15, -0.1) is 0 Å². The topological polar surface area (TPSA) is 88.1 Å². The van der Waals surface area contributed by atoms with E-state index in [0.717, 1.165) is 20.8 Å². The molecule has 0 N–H and O–H groups in total. The molecule has 0 aliphatic carbocycles. The predicted octanol–water partition coefficient (Wildman–Crippen LogP) is 1.40. The summed E-state index contributed by atoms with van der Waals surface area (Å²) in [6.07, 6.45) is -7.64. The smallest absolute Gasteiger partial charge is 0.351 e. The molecule has 1 fully saturated rings. The molecule has 1 heterocycles. The highest BCUT2D eigenvalue weighted by atomic mass is 35.5. The Morgan fingerprint density at radius 2 is 1.30 bits per heavy atom. The zero-order chi connectivity index (χ0) is 17.9. The van der Waals surface area contributed by atoms with Crippen molar-refractivity contribution < 1.29 is 42.1 Å². The fraction of sp³-hybridized carbons (Fsp3) is 0.769. The van der Waals surface area contributed by atoms with E-state index in [9.17, 15) is 23.2 Å². The van der Waals surface area contributed by atoms with Gasteiger partial charge in [0.25, 0.3) is 0 Å². The van der Waals surface area contributed by atoms with Gasteiger partial charge in [-0.25, -0.2) is 0 Å². The Morgan fingerprint density at radius 3 is 1.70 bits per heavy atom. The largest absolute Gasteiger partial charge is 0.456 e. The Balaban J connectivity index is 3.24. The fourth-order valence-electron chi connectivity index (χ4n) is 2.28. The Morgan fingerprint density at radius 1 is 0.913 bits per heavy atom. The third-order valence-electron chi connectivity index (χ3n) is 3.00. The Hall–Kier alpha value is -1.48. The van der Waals surface area contributed by atoms with E-state index in [1.807, 2.05) is 0 Å². The van der Waals surface area contributed by atoms with Crippen LogP contribution in [0.2, 0.25) is 0 Å². The summed E-state index contributed by atoms with van der Waals surface area (Å²) in [4.78, 5) is 33.7. The van der Waals surface area contributed by atoms with Crippen LogP contribution < -0.4 is 0 Å². The molecule has 0 saturated carbocycles. The van der Waals surface area contributed by atoms with E-state index >= 15 is 0 Å². The third-order valence-corrected chi connectivity index (χ3v) is 3.21. The van der Waals surface area contributed by atoms with Crippen molar-refractivity contribution in [3.8, 4) is 0 Å². The highest BCUT2D eigenvalue weighted by Gasteiger charge is 2.58. The molecule has 1 aliphatic heterocycles. The lowest BCUT2D eigenvalue weighted by Gasteiger charge is -2.44. The summed E-state index contributed by atoms with van der Waals surface area (Å²) in [5.74, 6) is -2.51. The standard InChI is InChI=1S/C13H17ClF2O7/c1-5-9(21-6(2)17)10(22-7(3)18)11(23-8(4)19)12(20-5)13(14,15)16/h5,9-12H,1-4H3/t5-,9+,10+,11+,12-/m0/s1. The first-order chi connectivity index (χ1) is 10.4. The minimum Gasteiger partial charge on any atom is -0.456 e. The number of esters is 3. The molecule has 1 aliphatic rings. The number of halogens is 3. The minimum atomic E-state index is -3.91. The monoisotopic (exact) mass is 358 g/mol. The van der Waals surface area contributed by atoms with Crippen LogP contribution in [0.4, 0.5) is 8.78 Å². The highest BCUT2D eigenvalue weighted by molar-refractivity contribution is 6.22. The van der Waals surface area contributed by atoms with Gasteiger partial charge in [-0.05, 0) is 18.5 Å². The summed E-state index contributed by atoms with van der Waals surface area (Å²) in [5, 5.41) is -3.91. The van der Waals surface area contributed by atoms with Crippen molar-refractivity contribution in [1.82, 2.24) is 0 Å². The SMILES string of the molecule is CC(=O)O[C@H]1[C@@H](OC(C)=O)[C@@H](C(F)(F)Cl)O[C@@H](C)[C@H]1OC(C)=O. The molecule has 0 amide bonds. The van der Waals surface area contributed by atoms with Crippen molar-refractivity contribution in [3.05, 3.63) is 0 Å². The number of carbonyl (C=O) groups is 3. The Kier molecular flexibility index (Phi) is 6.29. The molecule has 10 heteroatoms. The number of hydrogen-bond acceptors (Lipinski definition) is 7. The zero-order valence-electron chi connectivity index (χ0n) is 12.9. The number of ether oxygens (including phenoxy) is 4. The zero-order valence-corrected chi connectivity index (χ0v) is 13.6. The molecule has 0 unspecified atom stereocenters. The lowest BCUT2D eigenvalue weighted by Crippen LogP contribution is -2.63. The van der Waals surface area contributed by atoms with Crippen molar-refractivity contribution in [2.45, 2.75) is 63.6 Å². The quantitative estimate of drug-likeness (QED) is 0.426. The van der Waals surface area contributed by atoms with Gasteiger partial charge in [0.15, 0.2) is 24.4 Å². The van der Waals surface area contributed by atoms with Crippen molar-refractivity contribution >= 4 is 29.5 Å². The molecule has 0 aromatic carbocycles. The van der Waals surface area contributed by atoms with E-state index in [0.29, 0.717) is 0 Å². The second-order valence-electron chi connectivity index (χ2n) is 5.03. The summed E-state index contributed by atoms with van der Waals surface area (Å²) >= 11 is 5.01. The lowest BCUT2D eigenvalue weighted by atomic mass is 9.94. The molecule has 0 spiro atoms. The molecule has 5 atom stereocenters. The molecule has 1 saturated heterocycles. The molecule has 1 rings (SSSR count). The van der Waals surface area contributed by atoms with Crippen LogP contribution in [0.25, 0.3) is 0 Å². The summed E-state index contributed by atoms with van der Waals surface area (Å²) in [6, 6.07) is 0. The molecule has 0 aromatic rings. The molecule has 7 nitrogen and oxygen atoms in total. The van der Waals surface area contributed by atoms with Gasteiger partial charge < -0.3 is 18.9 Å². The van der Waals surface area contributed by atoms with Crippen molar-refractivity contribution in [1.29, 1.82) is 0 Å². The van der Waals surface area contributed by atoms with Crippen molar-refractivity contribution in [3.63, 3.8) is 0 Å². The van der Waals surface area contributed by atoms with Gasteiger partial charge in [0, 0.05) is 20.8 Å². The molecular weight excluding hydrogens is 342 g/mol. The lowest BCUT2D eigenvalue weighted by molar-refractivity contribution is -0.268. The Bertz CT molecular complexity index is 479. The average Bonchev–Trinajstić information content (AvgIpc) is 2.33. The molecule has 23 heavy (non-hydrogen) atoms. The molecular formula is C13H17ClF2O7. The van der Waals surface area contributed by atoms with Gasteiger partial charge in [-0.3, -0.25) is 14.4 Å². The minimum absolute atomic E-state index is 0.750. The Labute approximate surface area is 136 Å². The first kappa shape index (κ1) is 19.6. The highest BCUT2D eigenvalue weighted by Crippen LogP contribution is 2.38. The van der Waals surface area contributed by atoms with Crippen LogP contribution in [0.3, 0.4) is 0 Å². The second-order valence-corrected chi connectivity index (χ2v) is 5.53. The molecule has 0 aromatic heterocycles. The number of rotatable bonds is 4. The predicted molar refractivity (Wildman–Crippen MR) is 71.8 cm³/mol. The van der Waals surface area contributed by atoms with Crippen LogP contribution in [0.1, 0.15) is 27.7 Å². The van der Waals surface area contributed by atoms with Crippen LogP contribution in [0.5, 0.6) is 0 Å². The summed E-state index contributed by atoms with van der Waals surface area (Å²) in [7, 11) is 0. The first-order valence-electron chi connectivity index (χ1n) is 6.67. The normalized spacial score (nSPS) is 31.2. The van der Waals surface area contributed by atoms with Gasteiger partial charge in [0.05, 0.1) is 6.10 Å². The van der Waals surface area contributed by atoms with Crippen LogP contribution in [-0.2, 0) is 33.3 Å². The van der Waals surface area contributed by atoms with E-state index in [1.165, 1.54) is 6.92 Å². The van der Waals surface area contributed by atoms with Gasteiger partial charge in [-0.2, -0.15) is 8.78 Å². The molecule has 0 bridgehead atoms. The van der Waals surface area contributed by atoms with E-state index in [1.54, 1.807) is 0 Å². The van der Waals surface area contributed by atoms with Gasteiger partial charge >= 0.3 is 23.3 Å². The van der Waals surface area contributed by atoms with Crippen LogP contribution in [0.15, 0.2) is 0 Å². The fourth-order valence-corrected chi connectivity index (χ4v) is 2.45.